The van der Waals surface area contributed by atoms with Crippen LogP contribution in [0.25, 0.3) is 0 Å². The Bertz CT molecular complexity index is 427. The molecule has 1 heterocycles. The quantitative estimate of drug-likeness (QED) is 0.903. The van der Waals surface area contributed by atoms with Crippen LogP contribution in [0, 0.1) is 23.2 Å². The Morgan fingerprint density at radius 1 is 1.16 bits per heavy atom. The van der Waals surface area contributed by atoms with Crippen LogP contribution in [-0.4, -0.2) is 16.3 Å². The minimum absolute atomic E-state index is 0.630. The highest BCUT2D eigenvalue weighted by Gasteiger charge is 2.50. The van der Waals surface area contributed by atoms with Crippen molar-refractivity contribution >= 4 is 0 Å². The SMILES string of the molecule is NCCn1cc(CC23CC4CC(CC(C4)C2)C3)cn1. The molecular weight excluding hydrogens is 234 g/mol. The van der Waals surface area contributed by atoms with Gasteiger partial charge in [0, 0.05) is 12.7 Å². The van der Waals surface area contributed by atoms with Crippen molar-refractivity contribution in [3.63, 3.8) is 0 Å². The van der Waals surface area contributed by atoms with E-state index in [0.29, 0.717) is 12.0 Å². The molecule has 0 amide bonds. The van der Waals surface area contributed by atoms with E-state index in [1.165, 1.54) is 50.5 Å². The lowest BCUT2D eigenvalue weighted by atomic mass is 9.48. The lowest BCUT2D eigenvalue weighted by molar-refractivity contribution is -0.0521. The maximum Gasteiger partial charge on any atom is 0.0531 e. The third kappa shape index (κ3) is 2.12. The Hall–Kier alpha value is -0.830. The Morgan fingerprint density at radius 3 is 2.37 bits per heavy atom. The van der Waals surface area contributed by atoms with Crippen LogP contribution in [0.3, 0.4) is 0 Å². The molecule has 2 N–H and O–H groups in total. The monoisotopic (exact) mass is 259 g/mol. The first-order chi connectivity index (χ1) is 9.25. The zero-order valence-corrected chi connectivity index (χ0v) is 11.7. The largest absolute Gasteiger partial charge is 0.329 e. The minimum atomic E-state index is 0.630. The van der Waals surface area contributed by atoms with Gasteiger partial charge in [0.1, 0.15) is 0 Å². The summed E-state index contributed by atoms with van der Waals surface area (Å²) < 4.78 is 2.01. The van der Waals surface area contributed by atoms with Gasteiger partial charge in [-0.3, -0.25) is 4.68 Å². The number of nitrogens with zero attached hydrogens (tertiary/aromatic N) is 2. The summed E-state index contributed by atoms with van der Waals surface area (Å²) >= 11 is 0. The Morgan fingerprint density at radius 2 is 1.79 bits per heavy atom. The molecule has 0 radical (unpaired) electrons. The molecule has 0 saturated heterocycles. The van der Waals surface area contributed by atoms with Crippen LogP contribution in [0.4, 0.5) is 0 Å². The topological polar surface area (TPSA) is 43.8 Å². The highest BCUT2D eigenvalue weighted by Crippen LogP contribution is 2.60. The molecule has 1 aromatic rings. The number of hydrogen-bond donors (Lipinski definition) is 1. The van der Waals surface area contributed by atoms with E-state index >= 15 is 0 Å². The van der Waals surface area contributed by atoms with Crippen molar-refractivity contribution in [2.45, 2.75) is 51.5 Å². The molecule has 3 heteroatoms. The molecule has 0 unspecified atom stereocenters. The fraction of sp³-hybridized carbons (Fsp3) is 0.812. The van der Waals surface area contributed by atoms with Crippen molar-refractivity contribution in [3.05, 3.63) is 18.0 Å². The van der Waals surface area contributed by atoms with Gasteiger partial charge in [-0.15, -0.1) is 0 Å². The van der Waals surface area contributed by atoms with Crippen LogP contribution in [0.2, 0.25) is 0 Å². The van der Waals surface area contributed by atoms with Crippen LogP contribution in [0.5, 0.6) is 0 Å². The maximum atomic E-state index is 5.60. The van der Waals surface area contributed by atoms with Crippen molar-refractivity contribution in [1.82, 2.24) is 9.78 Å². The predicted octanol–water partition coefficient (Wildman–Crippen LogP) is 2.60. The van der Waals surface area contributed by atoms with Crippen LogP contribution in [-0.2, 0) is 13.0 Å². The fourth-order valence-corrected chi connectivity index (χ4v) is 5.69. The summed E-state index contributed by atoms with van der Waals surface area (Å²) in [6.45, 7) is 1.53. The third-order valence-electron chi connectivity index (χ3n) is 5.79. The van der Waals surface area contributed by atoms with Gasteiger partial charge in [-0.2, -0.15) is 5.10 Å². The summed E-state index contributed by atoms with van der Waals surface area (Å²) in [5, 5.41) is 4.44. The number of rotatable bonds is 4. The molecule has 5 rings (SSSR count). The zero-order chi connectivity index (χ0) is 12.9. The summed E-state index contributed by atoms with van der Waals surface area (Å²) in [6, 6.07) is 0. The van der Waals surface area contributed by atoms with Gasteiger partial charge < -0.3 is 5.73 Å². The van der Waals surface area contributed by atoms with Crippen molar-refractivity contribution < 1.29 is 0 Å². The zero-order valence-electron chi connectivity index (χ0n) is 11.7. The highest BCUT2D eigenvalue weighted by molar-refractivity contribution is 5.12. The van der Waals surface area contributed by atoms with E-state index < -0.39 is 0 Å². The van der Waals surface area contributed by atoms with E-state index in [-0.39, 0.29) is 0 Å². The van der Waals surface area contributed by atoms with E-state index in [4.69, 9.17) is 5.73 Å². The second-order valence-electron chi connectivity index (χ2n) is 7.49. The van der Waals surface area contributed by atoms with Gasteiger partial charge in [0.05, 0.1) is 12.7 Å². The smallest absolute Gasteiger partial charge is 0.0531 e. The van der Waals surface area contributed by atoms with Crippen LogP contribution < -0.4 is 5.73 Å². The lowest BCUT2D eigenvalue weighted by Gasteiger charge is -2.57. The standard InChI is InChI=1S/C16H25N3/c17-1-2-19-11-15(10-18-19)9-16-6-12-3-13(7-16)5-14(4-12)8-16/h10-14H,1-9,17H2. The maximum absolute atomic E-state index is 5.60. The van der Waals surface area contributed by atoms with E-state index in [1.807, 2.05) is 4.68 Å². The van der Waals surface area contributed by atoms with Crippen molar-refractivity contribution in [2.24, 2.45) is 28.9 Å². The van der Waals surface area contributed by atoms with E-state index in [9.17, 15) is 0 Å². The molecule has 4 fully saturated rings. The summed E-state index contributed by atoms with van der Waals surface area (Å²) in [7, 11) is 0. The molecule has 4 saturated carbocycles. The van der Waals surface area contributed by atoms with Gasteiger partial charge in [-0.1, -0.05) is 0 Å². The second-order valence-corrected chi connectivity index (χ2v) is 7.49. The van der Waals surface area contributed by atoms with Crippen molar-refractivity contribution in [2.75, 3.05) is 6.54 Å². The fourth-order valence-electron chi connectivity index (χ4n) is 5.69. The van der Waals surface area contributed by atoms with Crippen LogP contribution >= 0.6 is 0 Å². The molecule has 4 aliphatic rings. The average Bonchev–Trinajstić information content (AvgIpc) is 2.74. The van der Waals surface area contributed by atoms with E-state index in [1.54, 1.807) is 0 Å². The van der Waals surface area contributed by atoms with Gasteiger partial charge in [0.2, 0.25) is 0 Å². The van der Waals surface area contributed by atoms with Gasteiger partial charge in [0.15, 0.2) is 0 Å². The van der Waals surface area contributed by atoms with Crippen LogP contribution in [0.1, 0.15) is 44.1 Å². The first-order valence-electron chi connectivity index (χ1n) is 7.96. The first-order valence-corrected chi connectivity index (χ1v) is 7.96. The van der Waals surface area contributed by atoms with Gasteiger partial charge >= 0.3 is 0 Å². The Balaban J connectivity index is 1.52. The summed E-state index contributed by atoms with van der Waals surface area (Å²) in [6.07, 6.45) is 14.6. The molecule has 4 aliphatic carbocycles. The highest BCUT2D eigenvalue weighted by atomic mass is 15.3. The molecular formula is C16H25N3. The molecule has 19 heavy (non-hydrogen) atoms. The Labute approximate surface area is 115 Å². The summed E-state index contributed by atoms with van der Waals surface area (Å²) in [4.78, 5) is 0. The molecule has 0 aromatic carbocycles. The Kier molecular flexibility index (Phi) is 2.73. The molecule has 4 bridgehead atoms. The molecule has 0 spiro atoms. The number of aromatic nitrogens is 2. The van der Waals surface area contributed by atoms with Gasteiger partial charge in [-0.05, 0) is 73.7 Å². The third-order valence-corrected chi connectivity index (χ3v) is 5.79. The average molecular weight is 259 g/mol. The van der Waals surface area contributed by atoms with Gasteiger partial charge in [-0.25, -0.2) is 0 Å². The molecule has 104 valence electrons. The van der Waals surface area contributed by atoms with Gasteiger partial charge in [0.25, 0.3) is 0 Å². The predicted molar refractivity (Wildman–Crippen MR) is 75.6 cm³/mol. The molecule has 0 atom stereocenters. The first kappa shape index (κ1) is 12.0. The molecule has 0 aliphatic heterocycles. The molecule has 1 aromatic heterocycles. The summed E-state index contributed by atoms with van der Waals surface area (Å²) in [5.74, 6) is 3.14. The minimum Gasteiger partial charge on any atom is -0.329 e. The summed E-state index contributed by atoms with van der Waals surface area (Å²) in [5.41, 5.74) is 7.67. The van der Waals surface area contributed by atoms with E-state index in [0.717, 1.165) is 24.3 Å². The second kappa shape index (κ2) is 4.34. The van der Waals surface area contributed by atoms with Crippen molar-refractivity contribution in [1.29, 1.82) is 0 Å². The number of hydrogen-bond acceptors (Lipinski definition) is 2. The van der Waals surface area contributed by atoms with Crippen molar-refractivity contribution in [3.8, 4) is 0 Å². The normalized spacial score (nSPS) is 39.9. The number of nitrogens with two attached hydrogens (primary N) is 1. The van der Waals surface area contributed by atoms with Crippen LogP contribution in [0.15, 0.2) is 12.4 Å². The lowest BCUT2D eigenvalue weighted by Crippen LogP contribution is -2.46. The van der Waals surface area contributed by atoms with E-state index in [2.05, 4.69) is 17.5 Å². The molecule has 3 nitrogen and oxygen atoms in total.